The molecular formula is C21H40O8. The van der Waals surface area contributed by atoms with Crippen molar-refractivity contribution in [2.24, 2.45) is 0 Å². The molecule has 0 unspecified atom stereocenters. The molecule has 172 valence electrons. The summed E-state index contributed by atoms with van der Waals surface area (Å²) < 4.78 is 31.2. The van der Waals surface area contributed by atoms with E-state index >= 15 is 0 Å². The molecule has 0 aromatic carbocycles. The van der Waals surface area contributed by atoms with Gasteiger partial charge in [0.05, 0.1) is 46.2 Å². The van der Waals surface area contributed by atoms with Crippen molar-refractivity contribution in [3.8, 4) is 0 Å². The van der Waals surface area contributed by atoms with Crippen molar-refractivity contribution in [1.82, 2.24) is 0 Å². The molecule has 0 rings (SSSR count). The molecule has 0 heterocycles. The summed E-state index contributed by atoms with van der Waals surface area (Å²) in [6, 6.07) is 0. The Bertz CT molecular complexity index is 376. The molecule has 0 aromatic rings. The van der Waals surface area contributed by atoms with Gasteiger partial charge in [0.25, 0.3) is 0 Å². The Morgan fingerprint density at radius 3 is 1.55 bits per heavy atom. The number of hydrogen-bond donors (Lipinski definition) is 0. The summed E-state index contributed by atoms with van der Waals surface area (Å²) >= 11 is 0. The van der Waals surface area contributed by atoms with Crippen molar-refractivity contribution in [1.29, 1.82) is 0 Å². The van der Waals surface area contributed by atoms with E-state index in [0.717, 1.165) is 25.7 Å². The first kappa shape index (κ1) is 27.9. The number of hydrogen-bond acceptors (Lipinski definition) is 8. The predicted octanol–water partition coefficient (Wildman–Crippen LogP) is 2.56. The third kappa shape index (κ3) is 21.5. The molecule has 8 nitrogen and oxygen atoms in total. The van der Waals surface area contributed by atoms with Gasteiger partial charge in [-0.25, -0.2) is 4.79 Å². The van der Waals surface area contributed by atoms with Gasteiger partial charge >= 0.3 is 5.97 Å². The standard InChI is InChI=1S/C21H40O8/c1-3-24-12-14-27-17-16-26-11-9-7-5-6-8-10-20(22)21(23)29-19-18-28-15-13-25-4-2/h3-19H2,1-2H3. The molecule has 0 atom stereocenters. The number of Topliss-reactive ketones (excluding diaryl/α,β-unsaturated/α-hetero) is 1. The van der Waals surface area contributed by atoms with Crippen LogP contribution in [0.2, 0.25) is 0 Å². The summed E-state index contributed by atoms with van der Waals surface area (Å²) in [5.41, 5.74) is 0. The number of rotatable bonds is 23. The second-order valence-corrected chi connectivity index (χ2v) is 6.31. The first-order valence-electron chi connectivity index (χ1n) is 10.8. The van der Waals surface area contributed by atoms with Gasteiger partial charge in [-0.15, -0.1) is 0 Å². The van der Waals surface area contributed by atoms with Crippen LogP contribution in [0.5, 0.6) is 0 Å². The molecule has 0 fully saturated rings. The monoisotopic (exact) mass is 420 g/mol. The summed E-state index contributed by atoms with van der Waals surface area (Å²) in [7, 11) is 0. The predicted molar refractivity (Wildman–Crippen MR) is 109 cm³/mol. The van der Waals surface area contributed by atoms with E-state index in [9.17, 15) is 9.59 Å². The summed E-state index contributed by atoms with van der Waals surface area (Å²) in [4.78, 5) is 23.2. The second-order valence-electron chi connectivity index (χ2n) is 6.31. The van der Waals surface area contributed by atoms with Gasteiger partial charge in [-0.1, -0.05) is 19.3 Å². The van der Waals surface area contributed by atoms with Crippen LogP contribution in [0, 0.1) is 0 Å². The fourth-order valence-electron chi connectivity index (χ4n) is 2.34. The largest absolute Gasteiger partial charge is 0.458 e. The minimum Gasteiger partial charge on any atom is -0.458 e. The van der Waals surface area contributed by atoms with Gasteiger partial charge in [-0.2, -0.15) is 0 Å². The van der Waals surface area contributed by atoms with Crippen LogP contribution in [0.4, 0.5) is 0 Å². The van der Waals surface area contributed by atoms with E-state index in [1.54, 1.807) is 0 Å². The minimum absolute atomic E-state index is 0.0915. The highest BCUT2D eigenvalue weighted by Gasteiger charge is 2.14. The molecule has 0 spiro atoms. The zero-order valence-corrected chi connectivity index (χ0v) is 18.3. The Kier molecular flexibility index (Phi) is 22.4. The Morgan fingerprint density at radius 1 is 0.517 bits per heavy atom. The van der Waals surface area contributed by atoms with Crippen LogP contribution in [-0.4, -0.2) is 84.4 Å². The topological polar surface area (TPSA) is 89.5 Å². The SMILES string of the molecule is CCOCCOCCOCCCCCCCC(=O)C(=O)OCCOCCOCC. The van der Waals surface area contributed by atoms with E-state index in [-0.39, 0.29) is 19.6 Å². The molecule has 0 aliphatic rings. The zero-order valence-electron chi connectivity index (χ0n) is 18.3. The lowest BCUT2D eigenvalue weighted by Gasteiger charge is -2.06. The van der Waals surface area contributed by atoms with E-state index in [1.807, 2.05) is 13.8 Å². The summed E-state index contributed by atoms with van der Waals surface area (Å²) in [6.45, 7) is 9.68. The third-order valence-electron chi connectivity index (χ3n) is 3.91. The van der Waals surface area contributed by atoms with E-state index in [0.29, 0.717) is 65.9 Å². The molecule has 0 radical (unpaired) electrons. The van der Waals surface area contributed by atoms with Crippen LogP contribution in [0.25, 0.3) is 0 Å². The van der Waals surface area contributed by atoms with Crippen molar-refractivity contribution in [2.75, 3.05) is 72.7 Å². The van der Waals surface area contributed by atoms with Crippen LogP contribution in [0.15, 0.2) is 0 Å². The first-order chi connectivity index (χ1) is 14.2. The Hall–Kier alpha value is -1.06. The van der Waals surface area contributed by atoms with E-state index in [2.05, 4.69) is 0 Å². The molecule has 0 amide bonds. The van der Waals surface area contributed by atoms with Crippen molar-refractivity contribution in [2.45, 2.75) is 52.4 Å². The average Bonchev–Trinajstić information content (AvgIpc) is 2.73. The minimum atomic E-state index is -0.768. The number of ketones is 1. The Morgan fingerprint density at radius 2 is 0.966 bits per heavy atom. The summed E-state index contributed by atoms with van der Waals surface area (Å²) in [6.07, 6.45) is 4.90. The van der Waals surface area contributed by atoms with Gasteiger partial charge in [0.2, 0.25) is 5.78 Å². The molecule has 0 saturated heterocycles. The lowest BCUT2D eigenvalue weighted by atomic mass is 10.1. The smallest absolute Gasteiger partial charge is 0.374 e. The fourth-order valence-corrected chi connectivity index (χ4v) is 2.34. The van der Waals surface area contributed by atoms with E-state index < -0.39 is 11.8 Å². The number of ether oxygens (including phenoxy) is 6. The fraction of sp³-hybridized carbons (Fsp3) is 0.905. The van der Waals surface area contributed by atoms with E-state index in [4.69, 9.17) is 28.4 Å². The van der Waals surface area contributed by atoms with Crippen molar-refractivity contribution < 1.29 is 38.0 Å². The zero-order chi connectivity index (χ0) is 21.4. The molecule has 0 saturated carbocycles. The van der Waals surface area contributed by atoms with Gasteiger partial charge in [-0.05, 0) is 26.7 Å². The van der Waals surface area contributed by atoms with Crippen molar-refractivity contribution >= 4 is 11.8 Å². The Labute approximate surface area is 175 Å². The summed E-state index contributed by atoms with van der Waals surface area (Å²) in [5, 5.41) is 0. The molecule has 0 N–H and O–H groups in total. The maximum absolute atomic E-state index is 11.7. The normalized spacial score (nSPS) is 11.0. The molecule has 0 aliphatic carbocycles. The number of carbonyl (C=O) groups excluding carboxylic acids is 2. The highest BCUT2D eigenvalue weighted by molar-refractivity contribution is 6.33. The van der Waals surface area contributed by atoms with Crippen molar-refractivity contribution in [3.05, 3.63) is 0 Å². The Balaban J connectivity index is 3.29. The maximum atomic E-state index is 11.7. The first-order valence-corrected chi connectivity index (χ1v) is 10.8. The molecule has 29 heavy (non-hydrogen) atoms. The lowest BCUT2D eigenvalue weighted by molar-refractivity contribution is -0.155. The van der Waals surface area contributed by atoms with Gasteiger partial charge in [0.1, 0.15) is 6.61 Å². The van der Waals surface area contributed by atoms with Gasteiger partial charge in [0.15, 0.2) is 0 Å². The highest BCUT2D eigenvalue weighted by atomic mass is 16.6. The molecule has 0 aromatic heterocycles. The number of carbonyl (C=O) groups is 2. The third-order valence-corrected chi connectivity index (χ3v) is 3.91. The maximum Gasteiger partial charge on any atom is 0.374 e. The van der Waals surface area contributed by atoms with E-state index in [1.165, 1.54) is 0 Å². The summed E-state index contributed by atoms with van der Waals surface area (Å²) in [5.74, 6) is -1.23. The van der Waals surface area contributed by atoms with Crippen LogP contribution in [0.1, 0.15) is 52.4 Å². The van der Waals surface area contributed by atoms with Gasteiger partial charge in [0, 0.05) is 26.2 Å². The van der Waals surface area contributed by atoms with Gasteiger partial charge < -0.3 is 28.4 Å². The lowest BCUT2D eigenvalue weighted by Crippen LogP contribution is -2.20. The average molecular weight is 421 g/mol. The van der Waals surface area contributed by atoms with Crippen LogP contribution in [0.3, 0.4) is 0 Å². The van der Waals surface area contributed by atoms with Crippen molar-refractivity contribution in [3.63, 3.8) is 0 Å². The molecule has 0 aliphatic heterocycles. The molecular weight excluding hydrogens is 380 g/mol. The molecule has 0 bridgehead atoms. The second kappa shape index (κ2) is 23.2. The van der Waals surface area contributed by atoms with Crippen LogP contribution < -0.4 is 0 Å². The number of unbranched alkanes of at least 4 members (excludes halogenated alkanes) is 4. The molecule has 8 heteroatoms. The quantitative estimate of drug-likeness (QED) is 0.142. The van der Waals surface area contributed by atoms with Gasteiger partial charge in [-0.3, -0.25) is 4.79 Å². The number of esters is 1. The van der Waals surface area contributed by atoms with Crippen LogP contribution >= 0.6 is 0 Å². The highest BCUT2D eigenvalue weighted by Crippen LogP contribution is 2.06. The van der Waals surface area contributed by atoms with Crippen LogP contribution in [-0.2, 0) is 38.0 Å².